The average Bonchev–Trinajstić information content (AvgIpc) is 3.07. The highest BCUT2D eigenvalue weighted by Gasteiger charge is 2.36. The first-order valence-corrected chi connectivity index (χ1v) is 8.76. The second kappa shape index (κ2) is 6.87. The SMILES string of the molecule is O=C(c1ccc(F)c(Br)c1)N1CCN(c2nnc(C(F)(F)F)s2)CC1. The highest BCUT2D eigenvalue weighted by atomic mass is 79.9. The van der Waals surface area contributed by atoms with Gasteiger partial charge in [0.2, 0.25) is 10.1 Å². The zero-order chi connectivity index (χ0) is 18.2. The number of hydrogen-bond acceptors (Lipinski definition) is 5. The lowest BCUT2D eigenvalue weighted by molar-refractivity contribution is -0.138. The summed E-state index contributed by atoms with van der Waals surface area (Å²) in [6.07, 6.45) is -4.51. The molecule has 134 valence electrons. The summed E-state index contributed by atoms with van der Waals surface area (Å²) >= 11 is 3.52. The zero-order valence-electron chi connectivity index (χ0n) is 12.6. The third kappa shape index (κ3) is 3.92. The number of piperazine rings is 1. The minimum atomic E-state index is -4.51. The smallest absolute Gasteiger partial charge is 0.343 e. The fourth-order valence-corrected chi connectivity index (χ4v) is 3.51. The van der Waals surface area contributed by atoms with Gasteiger partial charge in [0.15, 0.2) is 0 Å². The number of rotatable bonds is 2. The molecule has 1 saturated heterocycles. The van der Waals surface area contributed by atoms with Crippen LogP contribution in [0.3, 0.4) is 0 Å². The summed E-state index contributed by atoms with van der Waals surface area (Å²) in [5, 5.41) is 5.94. The first-order chi connectivity index (χ1) is 11.8. The molecule has 1 aromatic carbocycles. The summed E-state index contributed by atoms with van der Waals surface area (Å²) in [5.74, 6) is -0.716. The lowest BCUT2D eigenvalue weighted by Gasteiger charge is -2.34. The summed E-state index contributed by atoms with van der Waals surface area (Å²) < 4.78 is 51.2. The number of alkyl halides is 3. The van der Waals surface area contributed by atoms with Gasteiger partial charge < -0.3 is 9.80 Å². The van der Waals surface area contributed by atoms with E-state index < -0.39 is 17.0 Å². The van der Waals surface area contributed by atoms with Crippen molar-refractivity contribution in [2.24, 2.45) is 0 Å². The van der Waals surface area contributed by atoms with E-state index in [2.05, 4.69) is 26.1 Å². The topological polar surface area (TPSA) is 49.3 Å². The number of anilines is 1. The molecule has 3 rings (SSSR count). The van der Waals surface area contributed by atoms with Gasteiger partial charge in [0.1, 0.15) is 5.82 Å². The van der Waals surface area contributed by atoms with E-state index >= 15 is 0 Å². The van der Waals surface area contributed by atoms with Crippen LogP contribution >= 0.6 is 27.3 Å². The molecule has 0 atom stereocenters. The average molecular weight is 439 g/mol. The monoisotopic (exact) mass is 438 g/mol. The third-order valence-electron chi connectivity index (χ3n) is 3.66. The van der Waals surface area contributed by atoms with Gasteiger partial charge in [-0.15, -0.1) is 10.2 Å². The van der Waals surface area contributed by atoms with E-state index in [4.69, 9.17) is 0 Å². The molecule has 1 amide bonds. The van der Waals surface area contributed by atoms with Crippen molar-refractivity contribution in [2.75, 3.05) is 31.1 Å². The molecule has 0 aliphatic carbocycles. The van der Waals surface area contributed by atoms with E-state index in [9.17, 15) is 22.4 Å². The quantitative estimate of drug-likeness (QED) is 0.674. The van der Waals surface area contributed by atoms with Crippen LogP contribution in [0.5, 0.6) is 0 Å². The van der Waals surface area contributed by atoms with Crippen molar-refractivity contribution in [1.82, 2.24) is 15.1 Å². The largest absolute Gasteiger partial charge is 0.445 e. The number of aromatic nitrogens is 2. The highest BCUT2D eigenvalue weighted by Crippen LogP contribution is 2.34. The van der Waals surface area contributed by atoms with Gasteiger partial charge in [-0.3, -0.25) is 4.79 Å². The fraction of sp³-hybridized carbons (Fsp3) is 0.357. The number of carbonyl (C=O) groups excluding carboxylic acids is 1. The molecule has 1 fully saturated rings. The van der Waals surface area contributed by atoms with Gasteiger partial charge in [-0.25, -0.2) is 4.39 Å². The first-order valence-electron chi connectivity index (χ1n) is 7.15. The summed E-state index contributed by atoms with van der Waals surface area (Å²) in [4.78, 5) is 15.7. The van der Waals surface area contributed by atoms with Crippen molar-refractivity contribution < 1.29 is 22.4 Å². The number of benzene rings is 1. The molecule has 25 heavy (non-hydrogen) atoms. The molecule has 0 radical (unpaired) electrons. The predicted octanol–water partition coefficient (Wildman–Crippen LogP) is 3.42. The Kier molecular flexibility index (Phi) is 4.96. The number of nitrogens with zero attached hydrogens (tertiary/aromatic N) is 4. The van der Waals surface area contributed by atoms with Crippen LogP contribution in [0.2, 0.25) is 0 Å². The molecular formula is C14H11BrF4N4OS. The Labute approximate surface area is 152 Å². The molecule has 11 heteroatoms. The molecule has 0 saturated carbocycles. The van der Waals surface area contributed by atoms with Gasteiger partial charge in [-0.1, -0.05) is 11.3 Å². The minimum Gasteiger partial charge on any atom is -0.343 e. The molecular weight excluding hydrogens is 428 g/mol. The van der Waals surface area contributed by atoms with Crippen LogP contribution in [-0.2, 0) is 6.18 Å². The van der Waals surface area contributed by atoms with Crippen molar-refractivity contribution in [3.8, 4) is 0 Å². The van der Waals surface area contributed by atoms with Crippen LogP contribution in [0.15, 0.2) is 22.7 Å². The fourth-order valence-electron chi connectivity index (χ4n) is 2.37. The molecule has 1 aliphatic heterocycles. The van der Waals surface area contributed by atoms with E-state index in [1.807, 2.05) is 0 Å². The molecule has 2 heterocycles. The summed E-state index contributed by atoms with van der Waals surface area (Å²) in [7, 11) is 0. The number of hydrogen-bond donors (Lipinski definition) is 0. The van der Waals surface area contributed by atoms with Crippen molar-refractivity contribution in [3.63, 3.8) is 0 Å². The maximum Gasteiger partial charge on any atom is 0.445 e. The van der Waals surface area contributed by atoms with Crippen LogP contribution < -0.4 is 4.90 Å². The van der Waals surface area contributed by atoms with Gasteiger partial charge in [0.25, 0.3) is 5.91 Å². The summed E-state index contributed by atoms with van der Waals surface area (Å²) in [6, 6.07) is 4.01. The van der Waals surface area contributed by atoms with E-state index in [-0.39, 0.29) is 15.5 Å². The summed E-state index contributed by atoms with van der Waals surface area (Å²) in [6.45, 7) is 1.35. The van der Waals surface area contributed by atoms with Crippen molar-refractivity contribution in [3.05, 3.63) is 39.1 Å². The molecule has 0 N–H and O–H groups in total. The van der Waals surface area contributed by atoms with Crippen molar-refractivity contribution >= 4 is 38.3 Å². The Balaban J connectivity index is 1.64. The van der Waals surface area contributed by atoms with Gasteiger partial charge >= 0.3 is 6.18 Å². The van der Waals surface area contributed by atoms with Crippen LogP contribution in [0, 0.1) is 5.82 Å². The van der Waals surface area contributed by atoms with Crippen LogP contribution in [0.25, 0.3) is 0 Å². The Morgan fingerprint density at radius 1 is 1.16 bits per heavy atom. The number of halogens is 5. The zero-order valence-corrected chi connectivity index (χ0v) is 15.0. The minimum absolute atomic E-state index is 0.184. The van der Waals surface area contributed by atoms with Crippen molar-refractivity contribution in [2.45, 2.75) is 6.18 Å². The van der Waals surface area contributed by atoms with Gasteiger partial charge in [-0.2, -0.15) is 13.2 Å². The van der Waals surface area contributed by atoms with Gasteiger partial charge in [-0.05, 0) is 34.1 Å². The molecule has 2 aromatic rings. The van der Waals surface area contributed by atoms with Gasteiger partial charge in [0, 0.05) is 31.7 Å². The number of carbonyl (C=O) groups is 1. The third-order valence-corrected chi connectivity index (χ3v) is 5.30. The lowest BCUT2D eigenvalue weighted by atomic mass is 10.2. The second-order valence-corrected chi connectivity index (χ2v) is 7.11. The standard InChI is InChI=1S/C14H11BrF4N4OS/c15-9-7-8(1-2-10(9)16)11(24)22-3-5-23(6-4-22)13-21-20-12(25-13)14(17,18)19/h1-2,7H,3-6H2. The van der Waals surface area contributed by atoms with E-state index in [0.717, 1.165) is 0 Å². The second-order valence-electron chi connectivity index (χ2n) is 5.30. The van der Waals surface area contributed by atoms with E-state index in [0.29, 0.717) is 43.1 Å². The lowest BCUT2D eigenvalue weighted by Crippen LogP contribution is -2.48. The van der Waals surface area contributed by atoms with Crippen LogP contribution in [-0.4, -0.2) is 47.2 Å². The molecule has 5 nitrogen and oxygen atoms in total. The van der Waals surface area contributed by atoms with Crippen LogP contribution in [0.1, 0.15) is 15.4 Å². The molecule has 0 unspecified atom stereocenters. The molecule has 1 aliphatic rings. The number of amides is 1. The Hall–Kier alpha value is -1.75. The van der Waals surface area contributed by atoms with E-state index in [1.165, 1.54) is 18.2 Å². The maximum atomic E-state index is 13.3. The predicted molar refractivity (Wildman–Crippen MR) is 87.1 cm³/mol. The molecule has 0 spiro atoms. The van der Waals surface area contributed by atoms with E-state index in [1.54, 1.807) is 9.80 Å². The summed E-state index contributed by atoms with van der Waals surface area (Å²) in [5.41, 5.74) is 0.344. The van der Waals surface area contributed by atoms with Gasteiger partial charge in [0.05, 0.1) is 4.47 Å². The Morgan fingerprint density at radius 2 is 1.84 bits per heavy atom. The first kappa shape index (κ1) is 18.1. The normalized spacial score (nSPS) is 15.6. The Morgan fingerprint density at radius 3 is 2.40 bits per heavy atom. The molecule has 0 bridgehead atoms. The molecule has 1 aromatic heterocycles. The highest BCUT2D eigenvalue weighted by molar-refractivity contribution is 9.10. The maximum absolute atomic E-state index is 13.3. The Bertz CT molecular complexity index is 789. The van der Waals surface area contributed by atoms with Crippen molar-refractivity contribution in [1.29, 1.82) is 0 Å². The van der Waals surface area contributed by atoms with Crippen LogP contribution in [0.4, 0.5) is 22.7 Å².